The topological polar surface area (TPSA) is 107 Å². The summed E-state index contributed by atoms with van der Waals surface area (Å²) in [5.41, 5.74) is 1.41. The van der Waals surface area contributed by atoms with Gasteiger partial charge in [0.05, 0.1) is 30.8 Å². The van der Waals surface area contributed by atoms with E-state index in [1.165, 1.54) is 12.0 Å². The van der Waals surface area contributed by atoms with E-state index in [0.29, 0.717) is 25.4 Å². The van der Waals surface area contributed by atoms with E-state index in [1.807, 2.05) is 32.0 Å². The first-order valence-electron chi connectivity index (χ1n) is 12.5. The lowest BCUT2D eigenvalue weighted by atomic mass is 9.88. The average Bonchev–Trinajstić information content (AvgIpc) is 3.53. The van der Waals surface area contributed by atoms with Crippen molar-refractivity contribution < 1.29 is 22.4 Å². The number of likely N-dealkylation sites (tertiary alicyclic amines) is 1. The molecule has 37 heavy (non-hydrogen) atoms. The molecule has 12 heteroatoms. The molecule has 0 saturated carbocycles. The molecule has 0 aliphatic carbocycles. The maximum absolute atomic E-state index is 13.4. The molecule has 0 spiro atoms. The molecule has 10 nitrogen and oxygen atoms in total. The number of aromatic nitrogens is 1. The number of para-hydroxylation sites is 1. The standard InChI is InChI=1S/C25H33N5O5S.ClH/c1-17(2)22-23-20(30(25(22)32)36(3,33)34)9-10-29(23)24(31)19-16-35-21(26-19)15-27-11-13-28(14-12-27)18-7-5-4-6-8-18;/h4-8,16-17,20,22-23H,9-15H2,1-3H3;1H/t20-,22+,23-;/m1./s1. The number of hydrogen-bond donors (Lipinski definition) is 0. The van der Waals surface area contributed by atoms with E-state index in [9.17, 15) is 18.0 Å². The first-order chi connectivity index (χ1) is 17.1. The van der Waals surface area contributed by atoms with Crippen LogP contribution in [0, 0.1) is 11.8 Å². The van der Waals surface area contributed by atoms with E-state index >= 15 is 0 Å². The molecule has 4 heterocycles. The molecule has 3 saturated heterocycles. The van der Waals surface area contributed by atoms with Gasteiger partial charge in [-0.1, -0.05) is 32.0 Å². The molecular weight excluding hydrogens is 518 g/mol. The van der Waals surface area contributed by atoms with Crippen LogP contribution in [0.15, 0.2) is 41.0 Å². The smallest absolute Gasteiger partial charge is 0.276 e. The summed E-state index contributed by atoms with van der Waals surface area (Å²) in [4.78, 5) is 37.1. The van der Waals surface area contributed by atoms with Crippen LogP contribution in [0.5, 0.6) is 0 Å². The molecule has 2 aromatic rings. The minimum Gasteiger partial charge on any atom is -0.447 e. The highest BCUT2D eigenvalue weighted by Gasteiger charge is 2.58. The van der Waals surface area contributed by atoms with Crippen molar-refractivity contribution >= 4 is 39.9 Å². The van der Waals surface area contributed by atoms with E-state index in [1.54, 1.807) is 4.90 Å². The van der Waals surface area contributed by atoms with Crippen molar-refractivity contribution in [3.05, 3.63) is 48.2 Å². The van der Waals surface area contributed by atoms with Crippen molar-refractivity contribution in [2.24, 2.45) is 11.8 Å². The summed E-state index contributed by atoms with van der Waals surface area (Å²) in [5, 5.41) is 0. The second-order valence-corrected chi connectivity index (χ2v) is 12.1. The van der Waals surface area contributed by atoms with Crippen LogP contribution in [0.2, 0.25) is 0 Å². The Morgan fingerprint density at radius 2 is 1.78 bits per heavy atom. The van der Waals surface area contributed by atoms with Gasteiger partial charge in [0, 0.05) is 38.4 Å². The molecule has 3 atom stereocenters. The predicted molar refractivity (Wildman–Crippen MR) is 141 cm³/mol. The summed E-state index contributed by atoms with van der Waals surface area (Å²) >= 11 is 0. The Labute approximate surface area is 224 Å². The van der Waals surface area contributed by atoms with Gasteiger partial charge >= 0.3 is 0 Å². The normalized spacial score (nSPS) is 24.5. The van der Waals surface area contributed by atoms with Crippen LogP contribution in [0.4, 0.5) is 5.69 Å². The molecular formula is C25H34ClN5O5S. The van der Waals surface area contributed by atoms with Crippen molar-refractivity contribution in [1.29, 1.82) is 0 Å². The van der Waals surface area contributed by atoms with Crippen LogP contribution in [-0.4, -0.2) is 90.4 Å². The van der Waals surface area contributed by atoms with Gasteiger partial charge in [0.15, 0.2) is 5.69 Å². The fourth-order valence-electron chi connectivity index (χ4n) is 5.89. The Hall–Kier alpha value is -2.63. The van der Waals surface area contributed by atoms with Crippen LogP contribution >= 0.6 is 12.4 Å². The summed E-state index contributed by atoms with van der Waals surface area (Å²) in [6.45, 7) is 8.17. The van der Waals surface area contributed by atoms with Crippen molar-refractivity contribution in [1.82, 2.24) is 19.1 Å². The van der Waals surface area contributed by atoms with Gasteiger partial charge in [0.25, 0.3) is 5.91 Å². The molecule has 1 aromatic heterocycles. The number of anilines is 1. The van der Waals surface area contributed by atoms with Gasteiger partial charge in [-0.25, -0.2) is 17.7 Å². The second-order valence-electron chi connectivity index (χ2n) is 10.2. The quantitative estimate of drug-likeness (QED) is 0.537. The molecule has 5 rings (SSSR count). The SMILES string of the molecule is CC(C)[C@@H]1C(=O)N(S(C)(=O)=O)[C@@H]2CCN(C(=O)c3coc(CN4CCN(c5ccccc5)CC4)n3)[C@H]21.Cl. The lowest BCUT2D eigenvalue weighted by Gasteiger charge is -2.35. The number of carbonyl (C=O) groups excluding carboxylic acids is 2. The zero-order valence-corrected chi connectivity index (χ0v) is 23.0. The highest BCUT2D eigenvalue weighted by molar-refractivity contribution is 7.88. The molecule has 3 aliphatic heterocycles. The van der Waals surface area contributed by atoms with Gasteiger partial charge in [0.2, 0.25) is 21.8 Å². The van der Waals surface area contributed by atoms with Gasteiger partial charge in [-0.3, -0.25) is 14.5 Å². The van der Waals surface area contributed by atoms with Crippen LogP contribution in [0.3, 0.4) is 0 Å². The molecule has 3 fully saturated rings. The summed E-state index contributed by atoms with van der Waals surface area (Å²) in [6, 6.07) is 9.29. The van der Waals surface area contributed by atoms with Gasteiger partial charge < -0.3 is 14.2 Å². The third-order valence-corrected chi connectivity index (χ3v) is 8.72. The number of rotatable bonds is 6. The zero-order valence-electron chi connectivity index (χ0n) is 21.3. The highest BCUT2D eigenvalue weighted by atomic mass is 35.5. The Morgan fingerprint density at radius 1 is 1.11 bits per heavy atom. The van der Waals surface area contributed by atoms with Crippen molar-refractivity contribution in [3.8, 4) is 0 Å². The van der Waals surface area contributed by atoms with Crippen LogP contribution < -0.4 is 4.90 Å². The molecule has 202 valence electrons. The van der Waals surface area contributed by atoms with Crippen LogP contribution in [0.1, 0.15) is 36.6 Å². The van der Waals surface area contributed by atoms with Crippen molar-refractivity contribution in [2.75, 3.05) is 43.9 Å². The van der Waals surface area contributed by atoms with Crippen molar-refractivity contribution in [2.45, 2.75) is 38.9 Å². The molecule has 2 amide bonds. The zero-order chi connectivity index (χ0) is 25.6. The largest absolute Gasteiger partial charge is 0.447 e. The number of halogens is 1. The molecule has 3 aliphatic rings. The number of benzene rings is 1. The van der Waals surface area contributed by atoms with E-state index in [2.05, 4.69) is 26.9 Å². The van der Waals surface area contributed by atoms with Crippen LogP contribution in [-0.2, 0) is 21.4 Å². The molecule has 0 unspecified atom stereocenters. The number of oxazole rings is 1. The first-order valence-corrected chi connectivity index (χ1v) is 14.3. The minimum atomic E-state index is -3.72. The third-order valence-electron chi connectivity index (χ3n) is 7.55. The number of carbonyl (C=O) groups is 2. The Kier molecular flexibility index (Phi) is 7.87. The second kappa shape index (κ2) is 10.6. The summed E-state index contributed by atoms with van der Waals surface area (Å²) in [7, 11) is -3.72. The number of nitrogens with zero attached hydrogens (tertiary/aromatic N) is 5. The van der Waals surface area contributed by atoms with Crippen LogP contribution in [0.25, 0.3) is 0 Å². The maximum atomic E-state index is 13.4. The van der Waals surface area contributed by atoms with Crippen molar-refractivity contribution in [3.63, 3.8) is 0 Å². The molecule has 0 bridgehead atoms. The molecule has 1 aromatic carbocycles. The van der Waals surface area contributed by atoms with Gasteiger partial charge in [0.1, 0.15) is 6.26 Å². The van der Waals surface area contributed by atoms with E-state index in [4.69, 9.17) is 4.42 Å². The summed E-state index contributed by atoms with van der Waals surface area (Å²) in [5.74, 6) is -0.936. The molecule has 0 N–H and O–H groups in total. The number of piperazine rings is 1. The number of fused-ring (bicyclic) bond motifs is 1. The highest BCUT2D eigenvalue weighted by Crippen LogP contribution is 2.41. The fraction of sp³-hybridized carbons (Fsp3) is 0.560. The number of amides is 2. The maximum Gasteiger partial charge on any atom is 0.276 e. The lowest BCUT2D eigenvalue weighted by molar-refractivity contribution is -0.129. The number of hydrogen-bond acceptors (Lipinski definition) is 8. The number of sulfonamides is 1. The lowest BCUT2D eigenvalue weighted by Crippen LogP contribution is -2.46. The van der Waals surface area contributed by atoms with Gasteiger partial charge in [-0.05, 0) is 24.5 Å². The Morgan fingerprint density at radius 3 is 2.41 bits per heavy atom. The monoisotopic (exact) mass is 551 g/mol. The van der Waals surface area contributed by atoms with E-state index in [0.717, 1.165) is 36.7 Å². The average molecular weight is 552 g/mol. The van der Waals surface area contributed by atoms with E-state index in [-0.39, 0.29) is 29.9 Å². The van der Waals surface area contributed by atoms with Gasteiger partial charge in [-0.15, -0.1) is 12.4 Å². The summed E-state index contributed by atoms with van der Waals surface area (Å²) < 4.78 is 31.4. The van der Waals surface area contributed by atoms with Gasteiger partial charge in [-0.2, -0.15) is 0 Å². The van der Waals surface area contributed by atoms with E-state index < -0.39 is 33.9 Å². The predicted octanol–water partition coefficient (Wildman–Crippen LogP) is 2.08. The molecule has 0 radical (unpaired) electrons. The Balaban J connectivity index is 0.00000320. The Bertz CT molecular complexity index is 1230. The summed E-state index contributed by atoms with van der Waals surface area (Å²) in [6.07, 6.45) is 2.86. The first kappa shape index (κ1) is 27.4. The fourth-order valence-corrected chi connectivity index (χ4v) is 7.06. The minimum absolute atomic E-state index is 0. The third kappa shape index (κ3) is 5.21.